The second-order valence-corrected chi connectivity index (χ2v) is 11.5. The fraction of sp³-hybridized carbons (Fsp3) is 0.286. The highest BCUT2D eigenvalue weighted by molar-refractivity contribution is 7.92. The van der Waals surface area contributed by atoms with E-state index in [1.165, 1.54) is 42.3 Å². The molecule has 0 aliphatic rings. The van der Waals surface area contributed by atoms with Crippen molar-refractivity contribution in [2.45, 2.75) is 37.8 Å². The number of methoxy groups -OCH3 is 1. The Morgan fingerprint density at radius 3 is 2.15 bits per heavy atom. The van der Waals surface area contributed by atoms with E-state index in [-0.39, 0.29) is 33.1 Å². The summed E-state index contributed by atoms with van der Waals surface area (Å²) in [5.41, 5.74) is 1.79. The topological polar surface area (TPSA) is 96.0 Å². The van der Waals surface area contributed by atoms with Crippen LogP contribution in [0.2, 0.25) is 10.0 Å². The molecule has 0 heterocycles. The monoisotopic (exact) mass is 591 g/mol. The molecule has 11 heteroatoms. The van der Waals surface area contributed by atoms with E-state index in [9.17, 15) is 18.0 Å². The van der Waals surface area contributed by atoms with E-state index in [1.54, 1.807) is 50.4 Å². The third kappa shape index (κ3) is 7.23. The standard InChI is InChI=1S/C28H31Cl2N3O5S/c1-5-26(28(35)31-3)32(17-20-8-11-22(38-4)12-9-20)27(34)18-33(21-10-15-24(29)25(30)16-21)39(36,37)23-13-6-19(2)7-14-23/h6-16,26H,5,17-18H2,1-4H3,(H,31,35)/t26-/m1/s1. The summed E-state index contributed by atoms with van der Waals surface area (Å²) < 4.78 is 33.9. The number of anilines is 1. The zero-order valence-electron chi connectivity index (χ0n) is 22.1. The number of halogens is 2. The average Bonchev–Trinajstić information content (AvgIpc) is 2.93. The lowest BCUT2D eigenvalue weighted by molar-refractivity contribution is -0.140. The van der Waals surface area contributed by atoms with Gasteiger partial charge in [0.2, 0.25) is 11.8 Å². The summed E-state index contributed by atoms with van der Waals surface area (Å²) in [5.74, 6) is -0.283. The van der Waals surface area contributed by atoms with Gasteiger partial charge in [0.25, 0.3) is 10.0 Å². The Morgan fingerprint density at radius 2 is 1.62 bits per heavy atom. The number of carbonyl (C=O) groups excluding carboxylic acids is 2. The van der Waals surface area contributed by atoms with Gasteiger partial charge in [-0.25, -0.2) is 8.42 Å². The molecule has 2 amide bonds. The summed E-state index contributed by atoms with van der Waals surface area (Å²) in [6.45, 7) is 3.14. The molecule has 0 fully saturated rings. The second-order valence-electron chi connectivity index (χ2n) is 8.83. The van der Waals surface area contributed by atoms with E-state index in [1.807, 2.05) is 6.92 Å². The van der Waals surface area contributed by atoms with Gasteiger partial charge in [-0.15, -0.1) is 0 Å². The smallest absolute Gasteiger partial charge is 0.264 e. The highest BCUT2D eigenvalue weighted by Crippen LogP contribution is 2.31. The van der Waals surface area contributed by atoms with Crippen LogP contribution in [0.1, 0.15) is 24.5 Å². The molecule has 3 aromatic carbocycles. The molecule has 39 heavy (non-hydrogen) atoms. The molecule has 0 aromatic heterocycles. The summed E-state index contributed by atoms with van der Waals surface area (Å²) >= 11 is 12.3. The molecular formula is C28H31Cl2N3O5S. The summed E-state index contributed by atoms with van der Waals surface area (Å²) in [7, 11) is -1.16. The lowest BCUT2D eigenvalue weighted by atomic mass is 10.1. The van der Waals surface area contributed by atoms with Crippen molar-refractivity contribution in [1.82, 2.24) is 10.2 Å². The Hall–Kier alpha value is -3.27. The van der Waals surface area contributed by atoms with Gasteiger partial charge in [0.15, 0.2) is 0 Å². The van der Waals surface area contributed by atoms with Crippen molar-refractivity contribution in [2.75, 3.05) is 25.0 Å². The van der Waals surface area contributed by atoms with E-state index in [0.717, 1.165) is 15.4 Å². The molecular weight excluding hydrogens is 561 g/mol. The number of sulfonamides is 1. The number of aryl methyl sites for hydroxylation is 1. The van der Waals surface area contributed by atoms with Crippen molar-refractivity contribution in [3.05, 3.63) is 87.9 Å². The van der Waals surface area contributed by atoms with E-state index < -0.39 is 28.5 Å². The molecule has 0 saturated carbocycles. The fourth-order valence-corrected chi connectivity index (χ4v) is 5.72. The Labute approximate surface area is 239 Å². The first kappa shape index (κ1) is 30.3. The van der Waals surface area contributed by atoms with Gasteiger partial charge in [-0.3, -0.25) is 13.9 Å². The Morgan fingerprint density at radius 1 is 0.974 bits per heavy atom. The maximum atomic E-state index is 13.9. The van der Waals surface area contributed by atoms with E-state index in [0.29, 0.717) is 12.2 Å². The summed E-state index contributed by atoms with van der Waals surface area (Å²) in [4.78, 5) is 28.1. The number of carbonyl (C=O) groups is 2. The van der Waals surface area contributed by atoms with Gasteiger partial charge in [-0.2, -0.15) is 0 Å². The van der Waals surface area contributed by atoms with Gasteiger partial charge in [0, 0.05) is 13.6 Å². The largest absolute Gasteiger partial charge is 0.497 e. The van der Waals surface area contributed by atoms with Gasteiger partial charge < -0.3 is 15.0 Å². The maximum absolute atomic E-state index is 13.9. The predicted molar refractivity (Wildman–Crippen MR) is 154 cm³/mol. The van der Waals surface area contributed by atoms with Crippen molar-refractivity contribution >= 4 is 50.7 Å². The molecule has 8 nitrogen and oxygen atoms in total. The van der Waals surface area contributed by atoms with Crippen LogP contribution >= 0.6 is 23.2 Å². The van der Waals surface area contributed by atoms with Gasteiger partial charge in [-0.05, 0) is 61.4 Å². The van der Waals surface area contributed by atoms with Crippen LogP contribution in [0.15, 0.2) is 71.6 Å². The third-order valence-electron chi connectivity index (χ3n) is 6.22. The Bertz CT molecular complexity index is 1410. The molecule has 0 aliphatic carbocycles. The van der Waals surface area contributed by atoms with Gasteiger partial charge in [-0.1, -0.05) is 60.0 Å². The SMILES string of the molecule is CC[C@H](C(=O)NC)N(Cc1ccc(OC)cc1)C(=O)CN(c1ccc(Cl)c(Cl)c1)S(=O)(=O)c1ccc(C)cc1. The minimum Gasteiger partial charge on any atom is -0.497 e. The average molecular weight is 593 g/mol. The fourth-order valence-electron chi connectivity index (χ4n) is 4.02. The van der Waals surface area contributed by atoms with Crippen LogP contribution in [-0.2, 0) is 26.2 Å². The van der Waals surface area contributed by atoms with Gasteiger partial charge in [0.1, 0.15) is 18.3 Å². The summed E-state index contributed by atoms with van der Waals surface area (Å²) in [6, 6.07) is 16.9. The number of ether oxygens (including phenoxy) is 1. The number of amides is 2. The first-order valence-corrected chi connectivity index (χ1v) is 14.4. The number of nitrogens with one attached hydrogen (secondary N) is 1. The normalized spacial score (nSPS) is 11.9. The number of hydrogen-bond acceptors (Lipinski definition) is 5. The van der Waals surface area contributed by atoms with Crippen LogP contribution in [0.5, 0.6) is 5.75 Å². The van der Waals surface area contributed by atoms with Crippen LogP contribution < -0.4 is 14.4 Å². The lowest BCUT2D eigenvalue weighted by Gasteiger charge is -2.33. The molecule has 1 N–H and O–H groups in total. The summed E-state index contributed by atoms with van der Waals surface area (Å²) in [5, 5.41) is 2.98. The van der Waals surface area contributed by atoms with E-state index in [4.69, 9.17) is 27.9 Å². The van der Waals surface area contributed by atoms with Crippen LogP contribution in [0.4, 0.5) is 5.69 Å². The highest BCUT2D eigenvalue weighted by Gasteiger charge is 2.33. The zero-order chi connectivity index (χ0) is 28.7. The first-order valence-electron chi connectivity index (χ1n) is 12.2. The molecule has 0 radical (unpaired) electrons. The molecule has 208 valence electrons. The van der Waals surface area contributed by atoms with E-state index >= 15 is 0 Å². The zero-order valence-corrected chi connectivity index (χ0v) is 24.5. The van der Waals surface area contributed by atoms with Crippen molar-refractivity contribution in [1.29, 1.82) is 0 Å². The first-order chi connectivity index (χ1) is 18.5. The highest BCUT2D eigenvalue weighted by atomic mass is 35.5. The van der Waals surface area contributed by atoms with E-state index in [2.05, 4.69) is 5.32 Å². The molecule has 0 saturated heterocycles. The number of rotatable bonds is 11. The van der Waals surface area contributed by atoms with Gasteiger partial charge in [0.05, 0.1) is 27.7 Å². The maximum Gasteiger partial charge on any atom is 0.264 e. The number of hydrogen-bond donors (Lipinski definition) is 1. The molecule has 0 spiro atoms. The van der Waals surface area contributed by atoms with Crippen molar-refractivity contribution in [3.8, 4) is 5.75 Å². The van der Waals surface area contributed by atoms with Crippen molar-refractivity contribution in [3.63, 3.8) is 0 Å². The Balaban J connectivity index is 2.07. The lowest BCUT2D eigenvalue weighted by Crippen LogP contribution is -2.51. The quantitative estimate of drug-likeness (QED) is 0.336. The van der Waals surface area contributed by atoms with Crippen LogP contribution in [-0.4, -0.2) is 51.9 Å². The van der Waals surface area contributed by atoms with Crippen molar-refractivity contribution < 1.29 is 22.7 Å². The molecule has 3 rings (SSSR count). The molecule has 3 aromatic rings. The third-order valence-corrected chi connectivity index (χ3v) is 8.75. The number of nitrogens with zero attached hydrogens (tertiary/aromatic N) is 2. The minimum absolute atomic E-state index is 0.00650. The molecule has 0 unspecified atom stereocenters. The minimum atomic E-state index is -4.20. The molecule has 0 aliphatic heterocycles. The van der Waals surface area contributed by atoms with Crippen molar-refractivity contribution in [2.24, 2.45) is 0 Å². The Kier molecular flexibility index (Phi) is 10.2. The predicted octanol–water partition coefficient (Wildman–Crippen LogP) is 5.06. The number of likely N-dealkylation sites (N-methyl/N-ethyl adjacent to an activating group) is 1. The van der Waals surface area contributed by atoms with Crippen LogP contribution in [0, 0.1) is 6.92 Å². The number of benzene rings is 3. The molecule has 1 atom stereocenters. The summed E-state index contributed by atoms with van der Waals surface area (Å²) in [6.07, 6.45) is 0.319. The van der Waals surface area contributed by atoms with Crippen LogP contribution in [0.25, 0.3) is 0 Å². The van der Waals surface area contributed by atoms with Crippen LogP contribution in [0.3, 0.4) is 0 Å². The molecule has 0 bridgehead atoms. The van der Waals surface area contributed by atoms with Gasteiger partial charge >= 0.3 is 0 Å². The second kappa shape index (κ2) is 13.2.